The van der Waals surface area contributed by atoms with Crippen LogP contribution in [0.1, 0.15) is 40.4 Å². The van der Waals surface area contributed by atoms with E-state index in [1.807, 2.05) is 18.2 Å². The van der Waals surface area contributed by atoms with E-state index in [9.17, 15) is 14.7 Å². The van der Waals surface area contributed by atoms with Gasteiger partial charge in [0, 0.05) is 5.56 Å². The molecule has 0 radical (unpaired) electrons. The van der Waals surface area contributed by atoms with Crippen molar-refractivity contribution in [3.05, 3.63) is 59.0 Å². The van der Waals surface area contributed by atoms with E-state index in [0.29, 0.717) is 5.76 Å². The maximum atomic E-state index is 12.4. The predicted molar refractivity (Wildman–Crippen MR) is 81.6 cm³/mol. The number of aliphatic carboxylic acids is 1. The molecule has 1 aromatic heterocycles. The summed E-state index contributed by atoms with van der Waals surface area (Å²) < 4.78 is 5.39. The molecule has 0 saturated heterocycles. The molecule has 1 heterocycles. The lowest BCUT2D eigenvalue weighted by Gasteiger charge is -2.22. The molecule has 0 aliphatic heterocycles. The van der Waals surface area contributed by atoms with Crippen molar-refractivity contribution in [1.82, 2.24) is 5.32 Å². The Morgan fingerprint density at radius 2 is 1.82 bits per heavy atom. The maximum Gasteiger partial charge on any atom is 0.308 e. The highest BCUT2D eigenvalue weighted by molar-refractivity contribution is 5.93. The van der Waals surface area contributed by atoms with Crippen LogP contribution in [0.3, 0.4) is 0 Å². The van der Waals surface area contributed by atoms with E-state index in [4.69, 9.17) is 4.42 Å². The molecule has 0 spiro atoms. The van der Waals surface area contributed by atoms with Crippen LogP contribution in [-0.2, 0) is 4.79 Å². The van der Waals surface area contributed by atoms with Crippen molar-refractivity contribution < 1.29 is 19.1 Å². The zero-order chi connectivity index (χ0) is 16.3. The number of benzene rings is 1. The van der Waals surface area contributed by atoms with Gasteiger partial charge in [-0.2, -0.15) is 0 Å². The van der Waals surface area contributed by atoms with Crippen LogP contribution in [-0.4, -0.2) is 17.0 Å². The minimum absolute atomic E-state index is 0.219. The molecule has 2 N–H and O–H groups in total. The second kappa shape index (κ2) is 6.47. The summed E-state index contributed by atoms with van der Waals surface area (Å²) in [7, 11) is 0. The van der Waals surface area contributed by atoms with E-state index < -0.39 is 23.8 Å². The molecular formula is C17H19NO4. The van der Waals surface area contributed by atoms with E-state index in [-0.39, 0.29) is 5.76 Å². The Balaban J connectivity index is 2.29. The first-order valence-electron chi connectivity index (χ1n) is 7.05. The molecular weight excluding hydrogens is 282 g/mol. The highest BCUT2D eigenvalue weighted by Crippen LogP contribution is 2.23. The van der Waals surface area contributed by atoms with Crippen molar-refractivity contribution in [2.45, 2.75) is 26.8 Å². The van der Waals surface area contributed by atoms with Gasteiger partial charge in [-0.1, -0.05) is 30.3 Å². The van der Waals surface area contributed by atoms with Crippen LogP contribution in [0.2, 0.25) is 0 Å². The summed E-state index contributed by atoms with van der Waals surface area (Å²) >= 11 is 0. The van der Waals surface area contributed by atoms with Gasteiger partial charge in [-0.05, 0) is 32.4 Å². The van der Waals surface area contributed by atoms with Gasteiger partial charge in [0.15, 0.2) is 5.76 Å². The zero-order valence-corrected chi connectivity index (χ0v) is 12.8. The second-order valence-corrected chi connectivity index (χ2v) is 5.36. The van der Waals surface area contributed by atoms with E-state index in [1.54, 1.807) is 39.0 Å². The number of rotatable bonds is 5. The molecule has 1 aromatic carbocycles. The van der Waals surface area contributed by atoms with Crippen LogP contribution in [0, 0.1) is 19.8 Å². The topological polar surface area (TPSA) is 79.5 Å². The van der Waals surface area contributed by atoms with E-state index >= 15 is 0 Å². The molecule has 2 rings (SSSR count). The first-order valence-corrected chi connectivity index (χ1v) is 7.05. The van der Waals surface area contributed by atoms with Gasteiger partial charge < -0.3 is 14.8 Å². The van der Waals surface area contributed by atoms with Crippen molar-refractivity contribution in [1.29, 1.82) is 0 Å². The number of carbonyl (C=O) groups excluding carboxylic acids is 1. The SMILES string of the molecule is Cc1cc(C)c(C(=O)NC(c2ccccc2)C(C)C(=O)O)o1. The standard InChI is InChI=1S/C17H19NO4/c1-10-9-11(2)22-15(10)16(19)18-14(12(3)17(20)21)13-7-5-4-6-8-13/h4-9,12,14H,1-3H3,(H,18,19)(H,20,21). The number of carboxylic acids is 1. The first kappa shape index (κ1) is 15.8. The number of nitrogens with one attached hydrogen (secondary N) is 1. The average molecular weight is 301 g/mol. The molecule has 22 heavy (non-hydrogen) atoms. The number of aryl methyl sites for hydroxylation is 2. The highest BCUT2D eigenvalue weighted by Gasteiger charge is 2.28. The fourth-order valence-corrected chi connectivity index (χ4v) is 2.37. The largest absolute Gasteiger partial charge is 0.481 e. The van der Waals surface area contributed by atoms with Crippen molar-refractivity contribution in [2.24, 2.45) is 5.92 Å². The van der Waals surface area contributed by atoms with E-state index in [1.165, 1.54) is 0 Å². The number of amides is 1. The van der Waals surface area contributed by atoms with Crippen LogP contribution in [0.4, 0.5) is 0 Å². The Labute approximate surface area is 129 Å². The molecule has 5 nitrogen and oxygen atoms in total. The van der Waals surface area contributed by atoms with Crippen molar-refractivity contribution in [3.8, 4) is 0 Å². The lowest BCUT2D eigenvalue weighted by molar-refractivity contribution is -0.142. The van der Waals surface area contributed by atoms with Gasteiger partial charge in [0.2, 0.25) is 0 Å². The molecule has 1 amide bonds. The molecule has 0 aliphatic carbocycles. The Morgan fingerprint density at radius 3 is 2.32 bits per heavy atom. The average Bonchev–Trinajstić information content (AvgIpc) is 2.83. The number of carbonyl (C=O) groups is 2. The van der Waals surface area contributed by atoms with Gasteiger partial charge >= 0.3 is 5.97 Å². The molecule has 2 unspecified atom stereocenters. The van der Waals surface area contributed by atoms with Crippen molar-refractivity contribution >= 4 is 11.9 Å². The normalized spacial score (nSPS) is 13.4. The van der Waals surface area contributed by atoms with Gasteiger partial charge in [-0.25, -0.2) is 0 Å². The van der Waals surface area contributed by atoms with Crippen LogP contribution in [0.15, 0.2) is 40.8 Å². The zero-order valence-electron chi connectivity index (χ0n) is 12.8. The Hall–Kier alpha value is -2.56. The maximum absolute atomic E-state index is 12.4. The lowest BCUT2D eigenvalue weighted by Crippen LogP contribution is -2.35. The van der Waals surface area contributed by atoms with Gasteiger partial charge in [-0.15, -0.1) is 0 Å². The molecule has 5 heteroatoms. The number of furan rings is 1. The first-order chi connectivity index (χ1) is 10.4. The fourth-order valence-electron chi connectivity index (χ4n) is 2.37. The summed E-state index contributed by atoms with van der Waals surface area (Å²) in [6, 6.07) is 10.2. The quantitative estimate of drug-likeness (QED) is 0.889. The van der Waals surface area contributed by atoms with Crippen LogP contribution in [0.5, 0.6) is 0 Å². The van der Waals surface area contributed by atoms with Gasteiger partial charge in [0.05, 0.1) is 12.0 Å². The van der Waals surface area contributed by atoms with E-state index in [2.05, 4.69) is 5.32 Å². The minimum Gasteiger partial charge on any atom is -0.481 e. The molecule has 0 saturated carbocycles. The van der Waals surface area contributed by atoms with E-state index in [0.717, 1.165) is 11.1 Å². The number of hydrogen-bond donors (Lipinski definition) is 2. The Bertz CT molecular complexity index is 675. The van der Waals surface area contributed by atoms with Crippen molar-refractivity contribution in [3.63, 3.8) is 0 Å². The van der Waals surface area contributed by atoms with Crippen LogP contribution in [0.25, 0.3) is 0 Å². The smallest absolute Gasteiger partial charge is 0.308 e. The Kier molecular flexibility index (Phi) is 4.65. The molecule has 0 aliphatic rings. The molecule has 2 atom stereocenters. The number of hydrogen-bond acceptors (Lipinski definition) is 3. The fraction of sp³-hybridized carbons (Fsp3) is 0.294. The van der Waals surface area contributed by atoms with Crippen LogP contribution >= 0.6 is 0 Å². The van der Waals surface area contributed by atoms with Crippen molar-refractivity contribution in [2.75, 3.05) is 0 Å². The minimum atomic E-state index is -0.971. The summed E-state index contributed by atoms with van der Waals surface area (Å²) in [5.74, 6) is -1.28. The third kappa shape index (κ3) is 3.36. The van der Waals surface area contributed by atoms with Gasteiger partial charge in [-0.3, -0.25) is 9.59 Å². The lowest BCUT2D eigenvalue weighted by atomic mass is 9.94. The molecule has 2 aromatic rings. The summed E-state index contributed by atoms with van der Waals surface area (Å²) in [6.07, 6.45) is 0. The van der Waals surface area contributed by atoms with Crippen LogP contribution < -0.4 is 5.32 Å². The summed E-state index contributed by atoms with van der Waals surface area (Å²) in [6.45, 7) is 5.11. The third-order valence-electron chi connectivity index (χ3n) is 3.58. The summed E-state index contributed by atoms with van der Waals surface area (Å²) in [5, 5.41) is 12.1. The molecule has 0 bridgehead atoms. The molecule has 116 valence electrons. The summed E-state index contributed by atoms with van der Waals surface area (Å²) in [5.41, 5.74) is 1.47. The van der Waals surface area contributed by atoms with Gasteiger partial charge in [0.25, 0.3) is 5.91 Å². The monoisotopic (exact) mass is 301 g/mol. The molecule has 0 fully saturated rings. The van der Waals surface area contributed by atoms with Gasteiger partial charge in [0.1, 0.15) is 5.76 Å². The Morgan fingerprint density at radius 1 is 1.18 bits per heavy atom. The number of carboxylic acid groups (broad SMARTS) is 1. The predicted octanol–water partition coefficient (Wildman–Crippen LogP) is 3.09. The second-order valence-electron chi connectivity index (χ2n) is 5.36. The summed E-state index contributed by atoms with van der Waals surface area (Å²) in [4.78, 5) is 23.7. The highest BCUT2D eigenvalue weighted by atomic mass is 16.4. The third-order valence-corrected chi connectivity index (χ3v) is 3.58.